The lowest BCUT2D eigenvalue weighted by molar-refractivity contribution is -0.128. The zero-order chi connectivity index (χ0) is 11.3. The number of nitrogens with one attached hydrogen (secondary N) is 2. The molecule has 1 unspecified atom stereocenters. The van der Waals surface area contributed by atoms with Gasteiger partial charge in [-0.25, -0.2) is 0 Å². The molecule has 0 spiro atoms. The predicted octanol–water partition coefficient (Wildman–Crippen LogP) is -0.667. The summed E-state index contributed by atoms with van der Waals surface area (Å²) in [6.07, 6.45) is 1.96. The molecule has 1 fully saturated rings. The van der Waals surface area contributed by atoms with Crippen LogP contribution in [0.3, 0.4) is 0 Å². The Morgan fingerprint density at radius 2 is 2.33 bits per heavy atom. The van der Waals surface area contributed by atoms with Gasteiger partial charge in [0.25, 0.3) is 0 Å². The molecule has 0 bridgehead atoms. The van der Waals surface area contributed by atoms with Gasteiger partial charge in [-0.1, -0.05) is 0 Å². The lowest BCUT2D eigenvalue weighted by Crippen LogP contribution is -2.46. The molecule has 0 radical (unpaired) electrons. The first-order valence-corrected chi connectivity index (χ1v) is 5.30. The summed E-state index contributed by atoms with van der Waals surface area (Å²) in [7, 11) is 3.51. The summed E-state index contributed by atoms with van der Waals surface area (Å²) < 4.78 is 0. The number of piperidine rings is 1. The van der Waals surface area contributed by atoms with Crippen molar-refractivity contribution in [3.63, 3.8) is 0 Å². The van der Waals surface area contributed by atoms with E-state index >= 15 is 0 Å². The summed E-state index contributed by atoms with van der Waals surface area (Å²) in [4.78, 5) is 23.7. The van der Waals surface area contributed by atoms with Crippen LogP contribution in [-0.2, 0) is 9.59 Å². The summed E-state index contributed by atoms with van der Waals surface area (Å²) in [6.45, 7) is 1.35. The lowest BCUT2D eigenvalue weighted by Gasteiger charge is -2.23. The molecule has 1 heterocycles. The topological polar surface area (TPSA) is 61.4 Å². The Labute approximate surface area is 90.2 Å². The second kappa shape index (κ2) is 5.70. The van der Waals surface area contributed by atoms with Crippen molar-refractivity contribution < 1.29 is 9.59 Å². The Morgan fingerprint density at radius 1 is 1.60 bits per heavy atom. The van der Waals surface area contributed by atoms with E-state index in [1.165, 1.54) is 0 Å². The first kappa shape index (κ1) is 12.0. The molecule has 2 amide bonds. The molecule has 2 N–H and O–H groups in total. The van der Waals surface area contributed by atoms with Crippen molar-refractivity contribution in [3.8, 4) is 0 Å². The third-order valence-corrected chi connectivity index (χ3v) is 2.54. The van der Waals surface area contributed by atoms with E-state index in [1.807, 2.05) is 0 Å². The average Bonchev–Trinajstić information content (AvgIpc) is 2.20. The Kier molecular flexibility index (Phi) is 4.55. The molecule has 1 atom stereocenters. The van der Waals surface area contributed by atoms with Gasteiger partial charge in [-0.2, -0.15) is 0 Å². The number of hydrogen-bond donors (Lipinski definition) is 2. The van der Waals surface area contributed by atoms with E-state index in [0.29, 0.717) is 32.0 Å². The van der Waals surface area contributed by atoms with Gasteiger partial charge in [0, 0.05) is 46.1 Å². The fourth-order valence-corrected chi connectivity index (χ4v) is 1.51. The second-order valence-electron chi connectivity index (χ2n) is 4.03. The minimum absolute atomic E-state index is 0.123. The molecular formula is C10H19N3O2. The number of nitrogens with zero attached hydrogens (tertiary/aromatic N) is 1. The minimum Gasteiger partial charge on any atom is -0.355 e. The van der Waals surface area contributed by atoms with Crippen LogP contribution in [0.15, 0.2) is 0 Å². The highest BCUT2D eigenvalue weighted by molar-refractivity contribution is 5.77. The largest absolute Gasteiger partial charge is 0.355 e. The molecule has 15 heavy (non-hydrogen) atoms. The van der Waals surface area contributed by atoms with Crippen LogP contribution in [0.4, 0.5) is 0 Å². The monoisotopic (exact) mass is 213 g/mol. The Morgan fingerprint density at radius 3 is 2.87 bits per heavy atom. The fraction of sp³-hybridized carbons (Fsp3) is 0.800. The smallest absolute Gasteiger partial charge is 0.223 e. The van der Waals surface area contributed by atoms with E-state index in [4.69, 9.17) is 0 Å². The summed E-state index contributed by atoms with van der Waals surface area (Å²) in [5, 5.41) is 6.06. The van der Waals surface area contributed by atoms with Gasteiger partial charge in [0.1, 0.15) is 0 Å². The molecule has 86 valence electrons. The van der Waals surface area contributed by atoms with E-state index in [0.717, 1.165) is 6.42 Å². The molecule has 0 aromatic carbocycles. The third-order valence-electron chi connectivity index (χ3n) is 2.54. The zero-order valence-electron chi connectivity index (χ0n) is 9.38. The van der Waals surface area contributed by atoms with Crippen molar-refractivity contribution in [1.82, 2.24) is 15.5 Å². The summed E-state index contributed by atoms with van der Waals surface area (Å²) in [5.74, 6) is 0.250. The highest BCUT2D eigenvalue weighted by atomic mass is 16.2. The van der Waals surface area contributed by atoms with Crippen molar-refractivity contribution in [3.05, 3.63) is 0 Å². The van der Waals surface area contributed by atoms with Gasteiger partial charge in [-0.05, 0) is 6.42 Å². The van der Waals surface area contributed by atoms with Crippen LogP contribution in [0.1, 0.15) is 19.3 Å². The van der Waals surface area contributed by atoms with Crippen molar-refractivity contribution in [1.29, 1.82) is 0 Å². The number of amides is 2. The minimum atomic E-state index is 0.123. The highest BCUT2D eigenvalue weighted by Gasteiger charge is 2.17. The highest BCUT2D eigenvalue weighted by Crippen LogP contribution is 2.02. The first-order chi connectivity index (χ1) is 7.09. The van der Waals surface area contributed by atoms with Crippen LogP contribution in [0, 0.1) is 0 Å². The molecule has 5 nitrogen and oxygen atoms in total. The molecule has 1 saturated heterocycles. The predicted molar refractivity (Wildman–Crippen MR) is 57.3 cm³/mol. The number of carbonyl (C=O) groups excluding carboxylic acids is 2. The van der Waals surface area contributed by atoms with Crippen molar-refractivity contribution in [2.75, 3.05) is 27.2 Å². The third kappa shape index (κ3) is 4.29. The Bertz CT molecular complexity index is 231. The van der Waals surface area contributed by atoms with Gasteiger partial charge in [-0.15, -0.1) is 0 Å². The normalized spacial score (nSPS) is 20.9. The molecule has 5 heteroatoms. The quantitative estimate of drug-likeness (QED) is 0.651. The standard InChI is InChI=1S/C10H19N3O2/c1-13(2)10(15)5-6-11-8-3-4-9(14)12-7-8/h8,11H,3-7H2,1-2H3,(H,12,14). The molecule has 1 rings (SSSR count). The molecule has 1 aliphatic rings. The van der Waals surface area contributed by atoms with Crippen molar-refractivity contribution in [2.24, 2.45) is 0 Å². The molecule has 0 aliphatic carbocycles. The molecule has 0 aromatic heterocycles. The Balaban J connectivity index is 2.10. The lowest BCUT2D eigenvalue weighted by atomic mass is 10.1. The van der Waals surface area contributed by atoms with Gasteiger partial charge < -0.3 is 15.5 Å². The van der Waals surface area contributed by atoms with E-state index in [9.17, 15) is 9.59 Å². The zero-order valence-corrected chi connectivity index (χ0v) is 9.38. The van der Waals surface area contributed by atoms with Crippen LogP contribution < -0.4 is 10.6 Å². The maximum Gasteiger partial charge on any atom is 0.223 e. The van der Waals surface area contributed by atoms with Crippen LogP contribution in [0.2, 0.25) is 0 Å². The number of rotatable bonds is 4. The van der Waals surface area contributed by atoms with E-state index in [1.54, 1.807) is 19.0 Å². The van der Waals surface area contributed by atoms with Crippen LogP contribution in [0.25, 0.3) is 0 Å². The van der Waals surface area contributed by atoms with E-state index in [2.05, 4.69) is 10.6 Å². The molecular weight excluding hydrogens is 194 g/mol. The molecule has 1 aliphatic heterocycles. The first-order valence-electron chi connectivity index (χ1n) is 5.30. The average molecular weight is 213 g/mol. The SMILES string of the molecule is CN(C)C(=O)CCNC1CCC(=O)NC1. The second-order valence-corrected chi connectivity index (χ2v) is 4.03. The van der Waals surface area contributed by atoms with E-state index in [-0.39, 0.29) is 11.8 Å². The van der Waals surface area contributed by atoms with Crippen LogP contribution in [0.5, 0.6) is 0 Å². The number of carbonyl (C=O) groups is 2. The summed E-state index contributed by atoms with van der Waals surface area (Å²) in [5.41, 5.74) is 0. The van der Waals surface area contributed by atoms with Crippen LogP contribution in [-0.4, -0.2) is 49.9 Å². The fourth-order valence-electron chi connectivity index (χ4n) is 1.51. The van der Waals surface area contributed by atoms with Crippen molar-refractivity contribution in [2.45, 2.75) is 25.3 Å². The maximum absolute atomic E-state index is 11.3. The summed E-state index contributed by atoms with van der Waals surface area (Å²) in [6, 6.07) is 0.317. The van der Waals surface area contributed by atoms with Gasteiger partial charge in [0.2, 0.25) is 11.8 Å². The van der Waals surface area contributed by atoms with E-state index < -0.39 is 0 Å². The molecule has 0 aromatic rings. The van der Waals surface area contributed by atoms with Crippen LogP contribution >= 0.6 is 0 Å². The van der Waals surface area contributed by atoms with Gasteiger partial charge in [0.15, 0.2) is 0 Å². The van der Waals surface area contributed by atoms with Gasteiger partial charge in [0.05, 0.1) is 0 Å². The maximum atomic E-state index is 11.3. The van der Waals surface area contributed by atoms with Crippen molar-refractivity contribution >= 4 is 11.8 Å². The number of hydrogen-bond acceptors (Lipinski definition) is 3. The summed E-state index contributed by atoms with van der Waals surface area (Å²) >= 11 is 0. The van der Waals surface area contributed by atoms with Gasteiger partial charge in [-0.3, -0.25) is 9.59 Å². The van der Waals surface area contributed by atoms with Gasteiger partial charge >= 0.3 is 0 Å². The molecule has 0 saturated carbocycles. The Hall–Kier alpha value is -1.10.